The predicted molar refractivity (Wildman–Crippen MR) is 31.8 cm³/mol. The van der Waals surface area contributed by atoms with Crippen LogP contribution in [-0.4, -0.2) is 39.9 Å². The summed E-state index contributed by atoms with van der Waals surface area (Å²) >= 11 is 0. The van der Waals surface area contributed by atoms with Crippen LogP contribution < -0.4 is 0 Å². The van der Waals surface area contributed by atoms with Crippen molar-refractivity contribution in [3.8, 4) is 0 Å². The summed E-state index contributed by atoms with van der Waals surface area (Å²) in [5.41, 5.74) is 0. The first kappa shape index (κ1) is 7.94. The Balaban J connectivity index is 2.49. The fourth-order valence-electron chi connectivity index (χ4n) is 0.882. The van der Waals surface area contributed by atoms with E-state index in [1.165, 1.54) is 0 Å². The van der Waals surface area contributed by atoms with Gasteiger partial charge in [0.1, 0.15) is 6.10 Å². The van der Waals surface area contributed by atoms with Gasteiger partial charge in [0, 0.05) is 6.42 Å². The Bertz CT molecular complexity index is 104. The minimum Gasteiger partial charge on any atom is -0.390 e. The van der Waals surface area contributed by atoms with Crippen LogP contribution in [0.15, 0.2) is 0 Å². The van der Waals surface area contributed by atoms with E-state index in [0.717, 1.165) is 0 Å². The highest BCUT2D eigenvalue weighted by atomic mass is 16.6. The summed E-state index contributed by atoms with van der Waals surface area (Å²) in [4.78, 5) is 0. The number of rotatable bonds is 0. The van der Waals surface area contributed by atoms with Crippen LogP contribution in [0.2, 0.25) is 0 Å². The smallest absolute Gasteiger partial charge is 0.157 e. The molecule has 2 radical (unpaired) electrons. The lowest BCUT2D eigenvalue weighted by Crippen LogP contribution is -2.46. The Hall–Kier alpha value is -0.160. The van der Waals surface area contributed by atoms with Crippen molar-refractivity contribution in [3.63, 3.8) is 0 Å². The maximum absolute atomic E-state index is 8.95. The van der Waals surface area contributed by atoms with E-state index in [9.17, 15) is 0 Å². The average molecular weight is 146 g/mol. The molecular weight excluding hydrogens is 136 g/mol. The Morgan fingerprint density at radius 2 is 1.90 bits per heavy atom. The molecule has 4 atom stereocenters. The summed E-state index contributed by atoms with van der Waals surface area (Å²) in [6.07, 6.45) is -4.12. The highest BCUT2D eigenvalue weighted by molar-refractivity contribution is 4.83. The maximum Gasteiger partial charge on any atom is 0.157 e. The molecule has 4 heteroatoms. The van der Waals surface area contributed by atoms with E-state index in [2.05, 4.69) is 4.74 Å². The van der Waals surface area contributed by atoms with E-state index in [0.29, 0.717) is 0 Å². The number of aliphatic hydroxyl groups is 3. The van der Waals surface area contributed by atoms with Crippen LogP contribution in [0, 0.1) is 6.92 Å². The Morgan fingerprint density at radius 1 is 1.30 bits per heavy atom. The number of hydrogen-bond acceptors (Lipinski definition) is 4. The fourth-order valence-corrected chi connectivity index (χ4v) is 0.882. The molecule has 1 heterocycles. The van der Waals surface area contributed by atoms with Gasteiger partial charge >= 0.3 is 0 Å². The number of ether oxygens (including phenoxy) is 1. The van der Waals surface area contributed by atoms with Gasteiger partial charge in [-0.1, -0.05) is 0 Å². The summed E-state index contributed by atoms with van der Waals surface area (Å²) in [6, 6.07) is 0. The van der Waals surface area contributed by atoms with Gasteiger partial charge < -0.3 is 20.1 Å². The van der Waals surface area contributed by atoms with Gasteiger partial charge in [-0.2, -0.15) is 0 Å². The van der Waals surface area contributed by atoms with Crippen molar-refractivity contribution in [3.05, 3.63) is 6.92 Å². The minimum atomic E-state index is -1.09. The van der Waals surface area contributed by atoms with E-state index < -0.39 is 24.6 Å². The van der Waals surface area contributed by atoms with E-state index in [4.69, 9.17) is 22.2 Å². The second-order valence-electron chi connectivity index (χ2n) is 2.35. The Labute approximate surface area is 59.1 Å². The number of hydrogen-bond donors (Lipinski definition) is 3. The molecule has 58 valence electrons. The zero-order valence-electron chi connectivity index (χ0n) is 5.34. The average Bonchev–Trinajstić information content (AvgIpc) is 1.82. The van der Waals surface area contributed by atoms with Gasteiger partial charge in [0.05, 0.1) is 12.2 Å². The third-order valence-electron chi connectivity index (χ3n) is 1.49. The van der Waals surface area contributed by atoms with Gasteiger partial charge in [-0.25, -0.2) is 0 Å². The molecule has 0 aliphatic carbocycles. The molecule has 0 aromatic carbocycles. The molecule has 0 saturated carbocycles. The van der Waals surface area contributed by atoms with Crippen LogP contribution in [0.25, 0.3) is 0 Å². The van der Waals surface area contributed by atoms with Gasteiger partial charge in [0.15, 0.2) is 6.29 Å². The van der Waals surface area contributed by atoms with E-state index in [-0.39, 0.29) is 6.42 Å². The molecule has 0 aromatic rings. The molecule has 0 aromatic heterocycles. The van der Waals surface area contributed by atoms with Gasteiger partial charge in [0.2, 0.25) is 0 Å². The largest absolute Gasteiger partial charge is 0.390 e. The topological polar surface area (TPSA) is 69.9 Å². The second kappa shape index (κ2) is 2.84. The summed E-state index contributed by atoms with van der Waals surface area (Å²) in [5.74, 6) is 0. The highest BCUT2D eigenvalue weighted by Gasteiger charge is 2.32. The van der Waals surface area contributed by atoms with Crippen molar-refractivity contribution < 1.29 is 20.1 Å². The van der Waals surface area contributed by atoms with Crippen LogP contribution in [0.5, 0.6) is 0 Å². The Kier molecular flexibility index (Phi) is 2.25. The van der Waals surface area contributed by atoms with Crippen molar-refractivity contribution in [2.24, 2.45) is 0 Å². The van der Waals surface area contributed by atoms with Crippen LogP contribution in [0.1, 0.15) is 6.42 Å². The second-order valence-corrected chi connectivity index (χ2v) is 2.35. The van der Waals surface area contributed by atoms with Crippen molar-refractivity contribution in [1.29, 1.82) is 0 Å². The molecule has 3 N–H and O–H groups in total. The summed E-state index contributed by atoms with van der Waals surface area (Å²) in [6.45, 7) is 5.17. The molecule has 1 rings (SSSR count). The van der Waals surface area contributed by atoms with Gasteiger partial charge in [-0.15, -0.1) is 0 Å². The first-order valence-electron chi connectivity index (χ1n) is 3.06. The zero-order valence-corrected chi connectivity index (χ0v) is 5.34. The molecule has 1 fully saturated rings. The molecular formula is C6H10O4. The molecule has 1 saturated heterocycles. The van der Waals surface area contributed by atoms with E-state index in [1.807, 2.05) is 0 Å². The van der Waals surface area contributed by atoms with Gasteiger partial charge in [-0.3, -0.25) is 0 Å². The first-order valence-corrected chi connectivity index (χ1v) is 3.06. The molecule has 0 spiro atoms. The number of aliphatic hydroxyl groups excluding tert-OH is 3. The molecule has 4 nitrogen and oxygen atoms in total. The van der Waals surface area contributed by atoms with Crippen molar-refractivity contribution >= 4 is 0 Å². The molecule has 0 amide bonds. The standard InChI is InChI=1S/C6H10O4/c1-3-6(9)4(7)2-5(8)10-3/h1,3-9H,2H2/t3-,4-,5?,6-/m1/s1. The lowest BCUT2D eigenvalue weighted by Gasteiger charge is -2.32. The van der Waals surface area contributed by atoms with Crippen LogP contribution in [-0.2, 0) is 4.74 Å². The molecule has 10 heavy (non-hydrogen) atoms. The SMILES string of the molecule is [CH][C@H]1OC(O)C[C@@H](O)[C@@H]1O. The van der Waals surface area contributed by atoms with Crippen molar-refractivity contribution in [2.45, 2.75) is 31.0 Å². The monoisotopic (exact) mass is 146 g/mol. The van der Waals surface area contributed by atoms with Crippen LogP contribution in [0.4, 0.5) is 0 Å². The maximum atomic E-state index is 8.95. The van der Waals surface area contributed by atoms with Gasteiger partial charge in [-0.05, 0) is 6.92 Å². The third kappa shape index (κ3) is 1.46. The lowest BCUT2D eigenvalue weighted by atomic mass is 10.0. The summed E-state index contributed by atoms with van der Waals surface area (Å²) < 4.78 is 4.59. The molecule has 1 unspecified atom stereocenters. The molecule has 0 bridgehead atoms. The van der Waals surface area contributed by atoms with E-state index >= 15 is 0 Å². The van der Waals surface area contributed by atoms with Gasteiger partial charge in [0.25, 0.3) is 0 Å². The van der Waals surface area contributed by atoms with Crippen molar-refractivity contribution in [1.82, 2.24) is 0 Å². The van der Waals surface area contributed by atoms with Crippen LogP contribution in [0.3, 0.4) is 0 Å². The Morgan fingerprint density at radius 3 is 2.40 bits per heavy atom. The molecule has 1 aliphatic rings. The minimum absolute atomic E-state index is 0.00880. The quantitative estimate of drug-likeness (QED) is 0.390. The predicted octanol–water partition coefficient (Wildman–Crippen LogP) is -1.47. The third-order valence-corrected chi connectivity index (χ3v) is 1.49. The lowest BCUT2D eigenvalue weighted by molar-refractivity contribution is -0.219. The fraction of sp³-hybridized carbons (Fsp3) is 0.833. The molecule has 1 aliphatic heterocycles. The summed E-state index contributed by atoms with van der Waals surface area (Å²) in [7, 11) is 0. The first-order chi connectivity index (χ1) is 4.61. The summed E-state index contributed by atoms with van der Waals surface area (Å²) in [5, 5.41) is 26.7. The van der Waals surface area contributed by atoms with Crippen molar-refractivity contribution in [2.75, 3.05) is 0 Å². The van der Waals surface area contributed by atoms with Crippen LogP contribution >= 0.6 is 0 Å². The highest BCUT2D eigenvalue weighted by Crippen LogP contribution is 2.17. The normalized spacial score (nSPS) is 49.2. The zero-order chi connectivity index (χ0) is 7.72. The van der Waals surface area contributed by atoms with E-state index in [1.54, 1.807) is 0 Å².